The fraction of sp³-hybridized carbons (Fsp3) is 0.571. The van der Waals surface area contributed by atoms with Gasteiger partial charge in [-0.25, -0.2) is 8.78 Å². The average Bonchev–Trinajstić information content (AvgIpc) is 2.36. The van der Waals surface area contributed by atoms with Gasteiger partial charge in [-0.2, -0.15) is 0 Å². The van der Waals surface area contributed by atoms with E-state index in [0.29, 0.717) is 25.7 Å². The first-order valence-corrected chi connectivity index (χ1v) is 6.36. The summed E-state index contributed by atoms with van der Waals surface area (Å²) < 4.78 is 37.0. The van der Waals surface area contributed by atoms with E-state index in [9.17, 15) is 8.78 Å². The van der Waals surface area contributed by atoms with E-state index in [0.717, 1.165) is 18.2 Å². The lowest BCUT2D eigenvalue weighted by molar-refractivity contribution is 0.0331. The molecule has 1 unspecified atom stereocenters. The van der Waals surface area contributed by atoms with Gasteiger partial charge in [0.1, 0.15) is 11.6 Å². The summed E-state index contributed by atoms with van der Waals surface area (Å²) in [7, 11) is 0. The maximum Gasteiger partial charge on any atom is 0.128 e. The summed E-state index contributed by atoms with van der Waals surface area (Å²) in [5.74, 6) is -0.552. The van der Waals surface area contributed by atoms with Gasteiger partial charge in [0.2, 0.25) is 0 Å². The van der Waals surface area contributed by atoms with Crippen LogP contribution >= 0.6 is 0 Å². The largest absolute Gasteiger partial charge is 0.379 e. The molecule has 1 aromatic carbocycles. The molecule has 5 heteroatoms. The Morgan fingerprint density at radius 2 is 1.74 bits per heavy atom. The topological polar surface area (TPSA) is 44.5 Å². The van der Waals surface area contributed by atoms with Gasteiger partial charge in [0.25, 0.3) is 0 Å². The highest BCUT2D eigenvalue weighted by Crippen LogP contribution is 2.16. The molecule has 0 fully saturated rings. The molecule has 3 nitrogen and oxygen atoms in total. The Morgan fingerprint density at radius 1 is 1.11 bits per heavy atom. The molecule has 0 radical (unpaired) electrons. The number of nitrogens with two attached hydrogens (primary N) is 1. The average molecular weight is 273 g/mol. The molecule has 0 aliphatic carbocycles. The molecule has 0 bridgehead atoms. The van der Waals surface area contributed by atoms with Crippen LogP contribution in [0.3, 0.4) is 0 Å². The maximum absolute atomic E-state index is 13.4. The zero-order valence-electron chi connectivity index (χ0n) is 11.4. The molecular formula is C14H21F2NO2. The second-order valence-electron chi connectivity index (χ2n) is 4.82. The van der Waals surface area contributed by atoms with Crippen molar-refractivity contribution < 1.29 is 18.3 Å². The van der Waals surface area contributed by atoms with Crippen molar-refractivity contribution >= 4 is 0 Å². The Bertz CT molecular complexity index is 386. The molecule has 0 aliphatic rings. The highest BCUT2D eigenvalue weighted by molar-refractivity contribution is 5.22. The number of hydrogen-bond donors (Lipinski definition) is 1. The summed E-state index contributed by atoms with van der Waals surface area (Å²) >= 11 is 0. The zero-order valence-corrected chi connectivity index (χ0v) is 11.4. The lowest BCUT2D eigenvalue weighted by Gasteiger charge is -2.14. The minimum absolute atomic E-state index is 0.128. The Balaban J connectivity index is 2.27. The number of benzene rings is 1. The van der Waals surface area contributed by atoms with Crippen molar-refractivity contribution in [3.05, 3.63) is 35.4 Å². The van der Waals surface area contributed by atoms with Crippen molar-refractivity contribution in [1.29, 1.82) is 0 Å². The quantitative estimate of drug-likeness (QED) is 0.741. The second-order valence-corrected chi connectivity index (χ2v) is 4.82. The molecule has 1 atom stereocenters. The molecule has 2 N–H and O–H groups in total. The summed E-state index contributed by atoms with van der Waals surface area (Å²) in [4.78, 5) is 0. The minimum atomic E-state index is -0.680. The molecule has 19 heavy (non-hydrogen) atoms. The Hall–Kier alpha value is -1.04. The van der Waals surface area contributed by atoms with Crippen LogP contribution in [0.5, 0.6) is 0 Å². The summed E-state index contributed by atoms with van der Waals surface area (Å²) in [6, 6.07) is 2.54. The molecule has 0 spiro atoms. The lowest BCUT2D eigenvalue weighted by Crippen LogP contribution is -2.20. The summed E-state index contributed by atoms with van der Waals surface area (Å²) in [5, 5.41) is 0. The van der Waals surface area contributed by atoms with Crippen LogP contribution in [0.4, 0.5) is 8.78 Å². The van der Waals surface area contributed by atoms with Gasteiger partial charge in [0.15, 0.2) is 0 Å². The van der Waals surface area contributed by atoms with Crippen LogP contribution in [0, 0.1) is 17.6 Å². The fourth-order valence-corrected chi connectivity index (χ4v) is 1.54. The van der Waals surface area contributed by atoms with E-state index < -0.39 is 17.7 Å². The van der Waals surface area contributed by atoms with Crippen molar-refractivity contribution in [2.45, 2.75) is 19.9 Å². The van der Waals surface area contributed by atoms with Gasteiger partial charge in [-0.3, -0.25) is 0 Å². The molecule has 0 amide bonds. The van der Waals surface area contributed by atoms with E-state index in [-0.39, 0.29) is 12.2 Å². The Kier molecular flexibility index (Phi) is 6.91. The molecule has 1 aromatic rings. The first kappa shape index (κ1) is 16.0. The first-order chi connectivity index (χ1) is 9.00. The third-order valence-corrected chi connectivity index (χ3v) is 2.48. The smallest absolute Gasteiger partial charge is 0.128 e. The standard InChI is InChI=1S/C14H21F2NO2/c1-10(2)8-18-5-6-19-9-14(17)12-7-11(15)3-4-13(12)16/h3-4,7,10,14H,5-6,8-9,17H2,1-2H3. The summed E-state index contributed by atoms with van der Waals surface area (Å²) in [5.41, 5.74) is 5.88. The van der Waals surface area contributed by atoms with E-state index >= 15 is 0 Å². The first-order valence-electron chi connectivity index (χ1n) is 6.36. The van der Waals surface area contributed by atoms with Crippen LogP contribution in [0.1, 0.15) is 25.5 Å². The highest BCUT2D eigenvalue weighted by Gasteiger charge is 2.12. The van der Waals surface area contributed by atoms with Gasteiger partial charge in [-0.1, -0.05) is 13.8 Å². The maximum atomic E-state index is 13.4. The van der Waals surface area contributed by atoms with Gasteiger partial charge in [0.05, 0.1) is 25.9 Å². The second kappa shape index (κ2) is 8.19. The van der Waals surface area contributed by atoms with Crippen LogP contribution in [-0.4, -0.2) is 26.4 Å². The van der Waals surface area contributed by atoms with Crippen LogP contribution in [0.25, 0.3) is 0 Å². The van der Waals surface area contributed by atoms with E-state index in [1.54, 1.807) is 0 Å². The van der Waals surface area contributed by atoms with E-state index in [1.165, 1.54) is 0 Å². The van der Waals surface area contributed by atoms with E-state index in [1.807, 2.05) is 0 Å². The van der Waals surface area contributed by atoms with E-state index in [4.69, 9.17) is 15.2 Å². The zero-order chi connectivity index (χ0) is 14.3. The fourth-order valence-electron chi connectivity index (χ4n) is 1.54. The van der Waals surface area contributed by atoms with E-state index in [2.05, 4.69) is 13.8 Å². The van der Waals surface area contributed by atoms with Crippen molar-refractivity contribution in [2.24, 2.45) is 11.7 Å². The molecule has 0 aliphatic heterocycles. The molecule has 0 saturated heterocycles. The van der Waals surface area contributed by atoms with Gasteiger partial charge in [-0.05, 0) is 24.1 Å². The molecule has 0 saturated carbocycles. The van der Waals surface area contributed by atoms with Crippen molar-refractivity contribution in [3.63, 3.8) is 0 Å². The molecule has 1 rings (SSSR count). The van der Waals surface area contributed by atoms with Crippen LogP contribution < -0.4 is 5.73 Å². The Labute approximate surface area is 112 Å². The van der Waals surface area contributed by atoms with Gasteiger partial charge >= 0.3 is 0 Å². The van der Waals surface area contributed by atoms with Gasteiger partial charge in [-0.15, -0.1) is 0 Å². The molecular weight excluding hydrogens is 252 g/mol. The minimum Gasteiger partial charge on any atom is -0.379 e. The number of rotatable bonds is 8. The number of ether oxygens (including phenoxy) is 2. The summed E-state index contributed by atoms with van der Waals surface area (Å²) in [6.07, 6.45) is 0. The third-order valence-electron chi connectivity index (χ3n) is 2.48. The highest BCUT2D eigenvalue weighted by atomic mass is 19.1. The molecule has 0 heterocycles. The molecule has 0 aromatic heterocycles. The predicted molar refractivity (Wildman–Crippen MR) is 69.8 cm³/mol. The predicted octanol–water partition coefficient (Wildman–Crippen LogP) is 2.65. The van der Waals surface area contributed by atoms with Crippen LogP contribution in [-0.2, 0) is 9.47 Å². The monoisotopic (exact) mass is 273 g/mol. The SMILES string of the molecule is CC(C)COCCOCC(N)c1cc(F)ccc1F. The number of halogens is 2. The van der Waals surface area contributed by atoms with Crippen molar-refractivity contribution in [2.75, 3.05) is 26.4 Å². The molecule has 108 valence electrons. The van der Waals surface area contributed by atoms with Crippen LogP contribution in [0.15, 0.2) is 18.2 Å². The van der Waals surface area contributed by atoms with Gasteiger partial charge < -0.3 is 15.2 Å². The van der Waals surface area contributed by atoms with Gasteiger partial charge in [0, 0.05) is 12.2 Å². The van der Waals surface area contributed by atoms with Crippen molar-refractivity contribution in [1.82, 2.24) is 0 Å². The van der Waals surface area contributed by atoms with Crippen LogP contribution in [0.2, 0.25) is 0 Å². The Morgan fingerprint density at radius 3 is 2.37 bits per heavy atom. The lowest BCUT2D eigenvalue weighted by atomic mass is 10.1. The summed E-state index contributed by atoms with van der Waals surface area (Å²) in [6.45, 7) is 5.78. The number of hydrogen-bond acceptors (Lipinski definition) is 3. The van der Waals surface area contributed by atoms with Crippen molar-refractivity contribution in [3.8, 4) is 0 Å². The third kappa shape index (κ3) is 6.09. The normalized spacial score (nSPS) is 12.9.